The van der Waals surface area contributed by atoms with Gasteiger partial charge >= 0.3 is 0 Å². The summed E-state index contributed by atoms with van der Waals surface area (Å²) in [7, 11) is 0. The van der Waals surface area contributed by atoms with Crippen molar-refractivity contribution in [3.05, 3.63) is 41.6 Å². The zero-order chi connectivity index (χ0) is 13.1. The zero-order valence-electron chi connectivity index (χ0n) is 11.6. The molecule has 1 aromatic heterocycles. The summed E-state index contributed by atoms with van der Waals surface area (Å²) in [5.41, 5.74) is 3.49. The molecule has 0 radical (unpaired) electrons. The molecule has 0 aliphatic carbocycles. The van der Waals surface area contributed by atoms with E-state index in [1.165, 1.54) is 11.4 Å². The number of rotatable bonds is 4. The molecule has 0 spiro atoms. The maximum Gasteiger partial charge on any atom is 0.135 e. The predicted octanol–water partition coefficient (Wildman–Crippen LogP) is 3.34. The van der Waals surface area contributed by atoms with Gasteiger partial charge in [-0.3, -0.25) is 0 Å². The van der Waals surface area contributed by atoms with Crippen molar-refractivity contribution in [2.45, 2.75) is 27.7 Å². The molecule has 0 unspecified atom stereocenters. The fourth-order valence-corrected chi connectivity index (χ4v) is 2.24. The molecule has 3 heteroatoms. The molecule has 0 bridgehead atoms. The number of aromatic nitrogens is 2. The predicted molar refractivity (Wildman–Crippen MR) is 76.6 cm³/mol. The Bertz CT molecular complexity index is 510. The molecule has 0 fully saturated rings. The van der Waals surface area contributed by atoms with Crippen LogP contribution in [0.2, 0.25) is 0 Å². The van der Waals surface area contributed by atoms with E-state index in [9.17, 15) is 0 Å². The number of nitrogens with zero attached hydrogens (tertiary/aromatic N) is 3. The van der Waals surface area contributed by atoms with E-state index in [4.69, 9.17) is 0 Å². The van der Waals surface area contributed by atoms with E-state index >= 15 is 0 Å². The molecule has 2 rings (SSSR count). The van der Waals surface area contributed by atoms with Crippen LogP contribution in [0.15, 0.2) is 30.3 Å². The summed E-state index contributed by atoms with van der Waals surface area (Å²) in [6.07, 6.45) is 0. The lowest BCUT2D eigenvalue weighted by molar-refractivity contribution is 0.779. The number of benzene rings is 1. The van der Waals surface area contributed by atoms with Gasteiger partial charge in [0.05, 0.1) is 11.4 Å². The highest BCUT2D eigenvalue weighted by molar-refractivity contribution is 5.54. The van der Waals surface area contributed by atoms with Crippen molar-refractivity contribution < 1.29 is 0 Å². The van der Waals surface area contributed by atoms with Crippen LogP contribution in [0.1, 0.15) is 25.1 Å². The molecular formula is C15H21N3. The lowest BCUT2D eigenvalue weighted by Crippen LogP contribution is -2.25. The molecule has 0 atom stereocenters. The van der Waals surface area contributed by atoms with Crippen molar-refractivity contribution in [1.29, 1.82) is 0 Å². The molecule has 3 nitrogen and oxygen atoms in total. The Morgan fingerprint density at radius 1 is 1.06 bits per heavy atom. The van der Waals surface area contributed by atoms with Gasteiger partial charge in [0.2, 0.25) is 0 Å². The summed E-state index contributed by atoms with van der Waals surface area (Å²) >= 11 is 0. The highest BCUT2D eigenvalue weighted by Gasteiger charge is 2.16. The third-order valence-corrected chi connectivity index (χ3v) is 3.39. The van der Waals surface area contributed by atoms with E-state index in [0.29, 0.717) is 0 Å². The number of hydrogen-bond acceptors (Lipinski definition) is 2. The molecular weight excluding hydrogens is 222 g/mol. The molecule has 0 N–H and O–H groups in total. The average Bonchev–Trinajstić information content (AvgIpc) is 2.70. The van der Waals surface area contributed by atoms with Crippen LogP contribution in [0.25, 0.3) is 5.69 Å². The molecule has 1 heterocycles. The normalized spacial score (nSPS) is 10.7. The van der Waals surface area contributed by atoms with E-state index in [1.807, 2.05) is 18.2 Å². The monoisotopic (exact) mass is 243 g/mol. The van der Waals surface area contributed by atoms with Gasteiger partial charge in [-0.25, -0.2) is 4.68 Å². The molecule has 0 amide bonds. The fraction of sp³-hybridized carbons (Fsp3) is 0.400. The Balaban J connectivity index is 2.58. The Morgan fingerprint density at radius 2 is 1.67 bits per heavy atom. The number of hydrogen-bond donors (Lipinski definition) is 0. The Hall–Kier alpha value is -1.77. The standard InChI is InChI=1S/C15H21N3/c1-5-17(6-2)15-12(3)13(4)16-18(15)14-10-8-7-9-11-14/h7-11H,5-6H2,1-4H3. The van der Waals surface area contributed by atoms with Gasteiger partial charge < -0.3 is 4.90 Å². The van der Waals surface area contributed by atoms with Gasteiger partial charge in [-0.2, -0.15) is 5.10 Å². The summed E-state index contributed by atoms with van der Waals surface area (Å²) in [5, 5.41) is 4.67. The first-order valence-electron chi connectivity index (χ1n) is 6.55. The van der Waals surface area contributed by atoms with Gasteiger partial charge in [0, 0.05) is 18.7 Å². The first kappa shape index (κ1) is 12.7. The SMILES string of the molecule is CCN(CC)c1c(C)c(C)nn1-c1ccccc1. The van der Waals surface area contributed by atoms with Crippen LogP contribution < -0.4 is 4.90 Å². The van der Waals surface area contributed by atoms with Gasteiger partial charge in [0.25, 0.3) is 0 Å². The smallest absolute Gasteiger partial charge is 0.135 e. The summed E-state index contributed by atoms with van der Waals surface area (Å²) in [6, 6.07) is 10.3. The second kappa shape index (κ2) is 5.25. The molecule has 0 aliphatic rings. The van der Waals surface area contributed by atoms with Gasteiger partial charge in [0.15, 0.2) is 0 Å². The van der Waals surface area contributed by atoms with Crippen molar-refractivity contribution in [3.8, 4) is 5.69 Å². The molecule has 96 valence electrons. The van der Waals surface area contributed by atoms with Gasteiger partial charge in [0.1, 0.15) is 5.82 Å². The van der Waals surface area contributed by atoms with Crippen LogP contribution >= 0.6 is 0 Å². The number of anilines is 1. The summed E-state index contributed by atoms with van der Waals surface area (Å²) in [5.74, 6) is 1.21. The van der Waals surface area contributed by atoms with Crippen LogP contribution in [-0.4, -0.2) is 22.9 Å². The molecule has 0 saturated heterocycles. The Kier molecular flexibility index (Phi) is 3.70. The highest BCUT2D eigenvalue weighted by atomic mass is 15.4. The van der Waals surface area contributed by atoms with E-state index in [1.54, 1.807) is 0 Å². The van der Waals surface area contributed by atoms with E-state index < -0.39 is 0 Å². The molecule has 18 heavy (non-hydrogen) atoms. The first-order chi connectivity index (χ1) is 8.69. The van der Waals surface area contributed by atoms with E-state index in [0.717, 1.165) is 24.5 Å². The van der Waals surface area contributed by atoms with E-state index in [2.05, 4.69) is 54.5 Å². The average molecular weight is 243 g/mol. The van der Waals surface area contributed by atoms with Crippen LogP contribution in [0, 0.1) is 13.8 Å². The third-order valence-electron chi connectivity index (χ3n) is 3.39. The van der Waals surface area contributed by atoms with Crippen molar-refractivity contribution in [2.75, 3.05) is 18.0 Å². The topological polar surface area (TPSA) is 21.1 Å². The van der Waals surface area contributed by atoms with Crippen LogP contribution in [0.3, 0.4) is 0 Å². The first-order valence-corrected chi connectivity index (χ1v) is 6.55. The lowest BCUT2D eigenvalue weighted by Gasteiger charge is -2.23. The van der Waals surface area contributed by atoms with Crippen LogP contribution in [-0.2, 0) is 0 Å². The molecule has 1 aromatic carbocycles. The van der Waals surface area contributed by atoms with Gasteiger partial charge in [-0.1, -0.05) is 18.2 Å². The minimum Gasteiger partial charge on any atom is -0.357 e. The van der Waals surface area contributed by atoms with Crippen LogP contribution in [0.4, 0.5) is 5.82 Å². The van der Waals surface area contributed by atoms with E-state index in [-0.39, 0.29) is 0 Å². The second-order valence-corrected chi connectivity index (χ2v) is 4.45. The number of aryl methyl sites for hydroxylation is 1. The summed E-state index contributed by atoms with van der Waals surface area (Å²) < 4.78 is 2.05. The second-order valence-electron chi connectivity index (χ2n) is 4.45. The Morgan fingerprint density at radius 3 is 2.22 bits per heavy atom. The van der Waals surface area contributed by atoms with Crippen LogP contribution in [0.5, 0.6) is 0 Å². The summed E-state index contributed by atoms with van der Waals surface area (Å²) in [4.78, 5) is 2.35. The lowest BCUT2D eigenvalue weighted by atomic mass is 10.2. The molecule has 2 aromatic rings. The van der Waals surface area contributed by atoms with Crippen molar-refractivity contribution in [2.24, 2.45) is 0 Å². The fourth-order valence-electron chi connectivity index (χ4n) is 2.24. The quantitative estimate of drug-likeness (QED) is 0.821. The van der Waals surface area contributed by atoms with Crippen molar-refractivity contribution >= 4 is 5.82 Å². The van der Waals surface area contributed by atoms with Crippen molar-refractivity contribution in [3.63, 3.8) is 0 Å². The summed E-state index contributed by atoms with van der Waals surface area (Å²) in [6.45, 7) is 10.6. The number of para-hydroxylation sites is 1. The third kappa shape index (κ3) is 2.13. The van der Waals surface area contributed by atoms with Crippen molar-refractivity contribution in [1.82, 2.24) is 9.78 Å². The molecule has 0 aliphatic heterocycles. The Labute approximate surface area is 109 Å². The molecule has 0 saturated carbocycles. The zero-order valence-corrected chi connectivity index (χ0v) is 11.6. The minimum absolute atomic E-state index is 0.995. The maximum absolute atomic E-state index is 4.67. The van der Waals surface area contributed by atoms with Gasteiger partial charge in [-0.15, -0.1) is 0 Å². The highest BCUT2D eigenvalue weighted by Crippen LogP contribution is 2.26. The van der Waals surface area contributed by atoms with Gasteiger partial charge in [-0.05, 0) is 39.8 Å². The minimum atomic E-state index is 0.995. The maximum atomic E-state index is 4.67. The largest absolute Gasteiger partial charge is 0.357 e.